The van der Waals surface area contributed by atoms with Crippen molar-refractivity contribution >= 4 is 5.69 Å². The number of hydrogen-bond acceptors (Lipinski definition) is 3. The molecule has 0 aromatic heterocycles. The van der Waals surface area contributed by atoms with Gasteiger partial charge in [0.25, 0.3) is 0 Å². The lowest BCUT2D eigenvalue weighted by Crippen LogP contribution is -2.15. The highest BCUT2D eigenvalue weighted by Gasteiger charge is 2.15. The van der Waals surface area contributed by atoms with E-state index in [4.69, 9.17) is 0 Å². The second kappa shape index (κ2) is 6.10. The number of nitrogens with one attached hydrogen (secondary N) is 1. The zero-order chi connectivity index (χ0) is 13.9. The van der Waals surface area contributed by atoms with Gasteiger partial charge >= 0.3 is 0 Å². The molecular formula is C15H25NO2. The monoisotopic (exact) mass is 251 g/mol. The minimum Gasteiger partial charge on any atom is -0.507 e. The normalized spacial score (nSPS) is 13.1. The number of hydrogen-bond donors (Lipinski definition) is 3. The molecule has 0 aliphatic rings. The summed E-state index contributed by atoms with van der Waals surface area (Å²) in [5.74, 6) is 0.953. The number of benzene rings is 1. The number of rotatable bonds is 5. The summed E-state index contributed by atoms with van der Waals surface area (Å²) in [5, 5.41) is 22.8. The van der Waals surface area contributed by atoms with Crippen molar-refractivity contribution < 1.29 is 10.2 Å². The molecule has 102 valence electrons. The average Bonchev–Trinajstić information content (AvgIpc) is 2.26. The molecule has 0 amide bonds. The number of phenolic OH excluding ortho intramolecular Hbond substituents is 1. The fraction of sp³-hybridized carbons (Fsp3) is 0.600. The highest BCUT2D eigenvalue weighted by molar-refractivity contribution is 5.57. The number of aliphatic hydroxyl groups is 1. The SMILES string of the molecule is CC(O)CNc1cc(C(C)C)c(O)c(C(C)C)c1. The molecule has 0 spiro atoms. The second-order valence-corrected chi connectivity index (χ2v) is 5.54. The van der Waals surface area contributed by atoms with E-state index in [1.165, 1.54) is 0 Å². The van der Waals surface area contributed by atoms with Crippen LogP contribution in [0.3, 0.4) is 0 Å². The summed E-state index contributed by atoms with van der Waals surface area (Å²) in [6.45, 7) is 10.5. The summed E-state index contributed by atoms with van der Waals surface area (Å²) in [6, 6.07) is 3.93. The number of aliphatic hydroxyl groups excluding tert-OH is 1. The average molecular weight is 251 g/mol. The summed E-state index contributed by atoms with van der Waals surface area (Å²) >= 11 is 0. The molecule has 18 heavy (non-hydrogen) atoms. The molecular weight excluding hydrogens is 226 g/mol. The fourth-order valence-corrected chi connectivity index (χ4v) is 1.93. The van der Waals surface area contributed by atoms with Gasteiger partial charge in [0.1, 0.15) is 5.75 Å². The Bertz CT molecular complexity index is 368. The van der Waals surface area contributed by atoms with E-state index in [9.17, 15) is 10.2 Å². The number of phenols is 1. The van der Waals surface area contributed by atoms with E-state index >= 15 is 0 Å². The van der Waals surface area contributed by atoms with Crippen LogP contribution in [0.15, 0.2) is 12.1 Å². The molecule has 1 atom stereocenters. The van der Waals surface area contributed by atoms with Gasteiger partial charge < -0.3 is 15.5 Å². The third-order valence-electron chi connectivity index (χ3n) is 3.01. The van der Waals surface area contributed by atoms with Crippen molar-refractivity contribution in [2.24, 2.45) is 0 Å². The zero-order valence-corrected chi connectivity index (χ0v) is 12.0. The smallest absolute Gasteiger partial charge is 0.122 e. The van der Waals surface area contributed by atoms with Crippen molar-refractivity contribution in [1.29, 1.82) is 0 Å². The Morgan fingerprint density at radius 3 is 1.78 bits per heavy atom. The number of aromatic hydroxyl groups is 1. The van der Waals surface area contributed by atoms with Gasteiger partial charge in [-0.25, -0.2) is 0 Å². The Morgan fingerprint density at radius 1 is 1.00 bits per heavy atom. The Balaban J connectivity index is 3.12. The third kappa shape index (κ3) is 3.64. The van der Waals surface area contributed by atoms with Crippen LogP contribution in [0.5, 0.6) is 5.75 Å². The van der Waals surface area contributed by atoms with Crippen LogP contribution in [0, 0.1) is 0 Å². The van der Waals surface area contributed by atoms with Crippen LogP contribution < -0.4 is 5.32 Å². The molecule has 0 radical (unpaired) electrons. The second-order valence-electron chi connectivity index (χ2n) is 5.54. The predicted molar refractivity (Wildman–Crippen MR) is 76.5 cm³/mol. The molecule has 3 nitrogen and oxygen atoms in total. The summed E-state index contributed by atoms with van der Waals surface area (Å²) in [6.07, 6.45) is -0.385. The van der Waals surface area contributed by atoms with E-state index in [1.54, 1.807) is 6.92 Å². The van der Waals surface area contributed by atoms with Crippen LogP contribution in [0.4, 0.5) is 5.69 Å². The fourth-order valence-electron chi connectivity index (χ4n) is 1.93. The largest absolute Gasteiger partial charge is 0.507 e. The number of anilines is 1. The molecule has 0 bridgehead atoms. The van der Waals surface area contributed by atoms with Crippen LogP contribution in [-0.2, 0) is 0 Å². The summed E-state index contributed by atoms with van der Waals surface area (Å²) in [4.78, 5) is 0. The van der Waals surface area contributed by atoms with Gasteiger partial charge in [0.15, 0.2) is 0 Å². The Hall–Kier alpha value is -1.22. The van der Waals surface area contributed by atoms with Gasteiger partial charge in [0, 0.05) is 12.2 Å². The lowest BCUT2D eigenvalue weighted by molar-refractivity contribution is 0.208. The van der Waals surface area contributed by atoms with Crippen molar-refractivity contribution in [3.05, 3.63) is 23.3 Å². The van der Waals surface area contributed by atoms with Crippen molar-refractivity contribution in [2.75, 3.05) is 11.9 Å². The maximum atomic E-state index is 10.3. The van der Waals surface area contributed by atoms with E-state index in [0.717, 1.165) is 16.8 Å². The molecule has 3 N–H and O–H groups in total. The van der Waals surface area contributed by atoms with E-state index in [-0.39, 0.29) is 17.9 Å². The molecule has 3 heteroatoms. The van der Waals surface area contributed by atoms with Crippen molar-refractivity contribution in [2.45, 2.75) is 52.6 Å². The van der Waals surface area contributed by atoms with E-state index in [0.29, 0.717) is 12.3 Å². The lowest BCUT2D eigenvalue weighted by Gasteiger charge is -2.18. The van der Waals surface area contributed by atoms with Gasteiger partial charge in [-0.05, 0) is 42.0 Å². The lowest BCUT2D eigenvalue weighted by atomic mass is 9.93. The first-order chi connectivity index (χ1) is 8.32. The molecule has 1 unspecified atom stereocenters. The quantitative estimate of drug-likeness (QED) is 0.703. The topological polar surface area (TPSA) is 52.5 Å². The third-order valence-corrected chi connectivity index (χ3v) is 3.01. The highest BCUT2D eigenvalue weighted by atomic mass is 16.3. The molecule has 1 rings (SSSR count). The first kappa shape index (κ1) is 14.8. The van der Waals surface area contributed by atoms with Gasteiger partial charge in [0.2, 0.25) is 0 Å². The molecule has 0 aliphatic carbocycles. The minimum atomic E-state index is -0.385. The first-order valence-corrected chi connectivity index (χ1v) is 6.61. The molecule has 0 heterocycles. The zero-order valence-electron chi connectivity index (χ0n) is 12.0. The summed E-state index contributed by atoms with van der Waals surface area (Å²) < 4.78 is 0. The summed E-state index contributed by atoms with van der Waals surface area (Å²) in [5.41, 5.74) is 2.87. The maximum Gasteiger partial charge on any atom is 0.122 e. The van der Waals surface area contributed by atoms with Crippen LogP contribution in [0.2, 0.25) is 0 Å². The standard InChI is InChI=1S/C15H25NO2/c1-9(2)13-6-12(16-8-11(5)17)7-14(10(3)4)15(13)18/h6-7,9-11,16-18H,8H2,1-5H3. The van der Waals surface area contributed by atoms with Crippen LogP contribution in [-0.4, -0.2) is 22.9 Å². The van der Waals surface area contributed by atoms with E-state index < -0.39 is 0 Å². The van der Waals surface area contributed by atoms with Crippen LogP contribution >= 0.6 is 0 Å². The Morgan fingerprint density at radius 2 is 1.44 bits per heavy atom. The Labute approximate surface area is 110 Å². The molecule has 0 saturated carbocycles. The van der Waals surface area contributed by atoms with Gasteiger partial charge in [-0.15, -0.1) is 0 Å². The highest BCUT2D eigenvalue weighted by Crippen LogP contribution is 2.36. The molecule has 0 saturated heterocycles. The minimum absolute atomic E-state index is 0.274. The van der Waals surface area contributed by atoms with Crippen molar-refractivity contribution in [3.8, 4) is 5.75 Å². The van der Waals surface area contributed by atoms with E-state index in [2.05, 4.69) is 33.0 Å². The van der Waals surface area contributed by atoms with Crippen LogP contribution in [0.1, 0.15) is 57.6 Å². The summed E-state index contributed by atoms with van der Waals surface area (Å²) in [7, 11) is 0. The van der Waals surface area contributed by atoms with Gasteiger partial charge in [-0.1, -0.05) is 27.7 Å². The predicted octanol–water partition coefficient (Wildman–Crippen LogP) is 3.43. The molecule has 0 fully saturated rings. The van der Waals surface area contributed by atoms with E-state index in [1.807, 2.05) is 12.1 Å². The van der Waals surface area contributed by atoms with Gasteiger partial charge in [-0.3, -0.25) is 0 Å². The molecule has 1 aromatic rings. The van der Waals surface area contributed by atoms with Crippen LogP contribution in [0.25, 0.3) is 0 Å². The van der Waals surface area contributed by atoms with Crippen molar-refractivity contribution in [3.63, 3.8) is 0 Å². The maximum absolute atomic E-state index is 10.3. The first-order valence-electron chi connectivity index (χ1n) is 6.61. The van der Waals surface area contributed by atoms with Gasteiger partial charge in [-0.2, -0.15) is 0 Å². The van der Waals surface area contributed by atoms with Crippen molar-refractivity contribution in [1.82, 2.24) is 0 Å². The van der Waals surface area contributed by atoms with Gasteiger partial charge in [0.05, 0.1) is 6.10 Å². The molecule has 0 aliphatic heterocycles. The molecule has 1 aromatic carbocycles. The Kier molecular flexibility index (Phi) is 5.03.